The van der Waals surface area contributed by atoms with E-state index >= 15 is 0 Å². The minimum Gasteiger partial charge on any atom is -0.387 e. The first-order valence-corrected chi connectivity index (χ1v) is 7.54. The summed E-state index contributed by atoms with van der Waals surface area (Å²) >= 11 is 1.58. The third-order valence-electron chi connectivity index (χ3n) is 3.09. The summed E-state index contributed by atoms with van der Waals surface area (Å²) in [6, 6.07) is 1.93. The number of anilines is 2. The maximum atomic E-state index is 10.1. The second-order valence-corrected chi connectivity index (χ2v) is 5.62. The highest BCUT2D eigenvalue weighted by atomic mass is 32.1. The van der Waals surface area contributed by atoms with Crippen LogP contribution in [-0.4, -0.2) is 28.7 Å². The molecule has 3 N–H and O–H groups in total. The summed E-state index contributed by atoms with van der Waals surface area (Å²) in [6.45, 7) is 4.62. The van der Waals surface area contributed by atoms with Gasteiger partial charge in [0.15, 0.2) is 0 Å². The van der Waals surface area contributed by atoms with Crippen molar-refractivity contribution in [2.24, 2.45) is 0 Å². The standard InChI is InChI=1S/C14H20N4OS/c1-9(2)12-13(15-3)17-8-18-14(12)16-6-11(19)10-4-5-20-7-10/h4-5,7-9,11,19H,6H2,1-3H3,(H2,15,16,17,18). The van der Waals surface area contributed by atoms with Crippen molar-refractivity contribution in [3.63, 3.8) is 0 Å². The SMILES string of the molecule is CNc1ncnc(NCC(O)c2ccsc2)c1C(C)C. The van der Waals surface area contributed by atoms with Crippen molar-refractivity contribution in [1.82, 2.24) is 9.97 Å². The molecule has 2 aromatic heterocycles. The highest BCUT2D eigenvalue weighted by Crippen LogP contribution is 2.28. The van der Waals surface area contributed by atoms with Gasteiger partial charge in [-0.25, -0.2) is 9.97 Å². The topological polar surface area (TPSA) is 70.1 Å². The molecule has 0 amide bonds. The van der Waals surface area contributed by atoms with E-state index in [4.69, 9.17) is 0 Å². The number of rotatable bonds is 6. The third-order valence-corrected chi connectivity index (χ3v) is 3.79. The van der Waals surface area contributed by atoms with Crippen LogP contribution >= 0.6 is 11.3 Å². The normalized spacial score (nSPS) is 12.4. The Hall–Kier alpha value is -1.66. The van der Waals surface area contributed by atoms with Crippen LogP contribution in [0.5, 0.6) is 0 Å². The van der Waals surface area contributed by atoms with Gasteiger partial charge in [-0.1, -0.05) is 13.8 Å². The Kier molecular flexibility index (Phi) is 4.92. The summed E-state index contributed by atoms with van der Waals surface area (Å²) < 4.78 is 0. The molecule has 2 heterocycles. The number of aliphatic hydroxyl groups is 1. The van der Waals surface area contributed by atoms with Gasteiger partial charge in [0.25, 0.3) is 0 Å². The molecule has 0 radical (unpaired) electrons. The maximum absolute atomic E-state index is 10.1. The Morgan fingerprint density at radius 1 is 1.30 bits per heavy atom. The lowest BCUT2D eigenvalue weighted by molar-refractivity contribution is 0.192. The van der Waals surface area contributed by atoms with Crippen LogP contribution < -0.4 is 10.6 Å². The fourth-order valence-electron chi connectivity index (χ4n) is 2.06. The van der Waals surface area contributed by atoms with Crippen molar-refractivity contribution in [3.8, 4) is 0 Å². The number of hydrogen-bond donors (Lipinski definition) is 3. The lowest BCUT2D eigenvalue weighted by atomic mass is 10.0. The van der Waals surface area contributed by atoms with Crippen LogP contribution in [0.25, 0.3) is 0 Å². The van der Waals surface area contributed by atoms with Crippen molar-refractivity contribution >= 4 is 23.0 Å². The molecule has 6 heteroatoms. The average molecular weight is 292 g/mol. The number of hydrogen-bond acceptors (Lipinski definition) is 6. The van der Waals surface area contributed by atoms with Crippen LogP contribution in [-0.2, 0) is 0 Å². The molecule has 0 aromatic carbocycles. The smallest absolute Gasteiger partial charge is 0.135 e. The van der Waals surface area contributed by atoms with Crippen molar-refractivity contribution in [2.75, 3.05) is 24.2 Å². The van der Waals surface area contributed by atoms with E-state index < -0.39 is 6.10 Å². The van der Waals surface area contributed by atoms with E-state index in [0.29, 0.717) is 12.5 Å². The minimum atomic E-state index is -0.533. The lowest BCUT2D eigenvalue weighted by Crippen LogP contribution is -2.15. The van der Waals surface area contributed by atoms with Gasteiger partial charge in [-0.3, -0.25) is 0 Å². The van der Waals surface area contributed by atoms with Crippen LogP contribution in [0.4, 0.5) is 11.6 Å². The minimum absolute atomic E-state index is 0.291. The zero-order valence-corrected chi connectivity index (χ0v) is 12.7. The zero-order valence-electron chi connectivity index (χ0n) is 11.9. The largest absolute Gasteiger partial charge is 0.387 e. The zero-order chi connectivity index (χ0) is 14.5. The van der Waals surface area contributed by atoms with Crippen LogP contribution in [0.2, 0.25) is 0 Å². The first-order chi connectivity index (χ1) is 9.63. The Morgan fingerprint density at radius 3 is 2.65 bits per heavy atom. The van der Waals surface area contributed by atoms with Crippen LogP contribution in [0.3, 0.4) is 0 Å². The van der Waals surface area contributed by atoms with E-state index in [1.807, 2.05) is 23.9 Å². The monoisotopic (exact) mass is 292 g/mol. The predicted octanol–water partition coefficient (Wildman–Crippen LogP) is 2.85. The van der Waals surface area contributed by atoms with Gasteiger partial charge < -0.3 is 15.7 Å². The summed E-state index contributed by atoms with van der Waals surface area (Å²) in [4.78, 5) is 8.52. The molecular weight excluding hydrogens is 272 g/mol. The molecule has 20 heavy (non-hydrogen) atoms. The molecular formula is C14H20N4OS. The Labute approximate surface area is 123 Å². The molecule has 0 bridgehead atoms. The van der Waals surface area contributed by atoms with E-state index in [1.165, 1.54) is 6.33 Å². The lowest BCUT2D eigenvalue weighted by Gasteiger charge is -2.18. The fourth-order valence-corrected chi connectivity index (χ4v) is 2.77. The van der Waals surface area contributed by atoms with E-state index in [9.17, 15) is 5.11 Å². The molecule has 0 saturated carbocycles. The molecule has 0 aliphatic rings. The molecule has 1 atom stereocenters. The number of aliphatic hydroxyl groups excluding tert-OH is 1. The molecule has 0 saturated heterocycles. The molecule has 0 fully saturated rings. The fraction of sp³-hybridized carbons (Fsp3) is 0.429. The van der Waals surface area contributed by atoms with Crippen molar-refractivity contribution in [3.05, 3.63) is 34.3 Å². The van der Waals surface area contributed by atoms with E-state index in [2.05, 4.69) is 34.4 Å². The summed E-state index contributed by atoms with van der Waals surface area (Å²) in [7, 11) is 1.85. The average Bonchev–Trinajstić information content (AvgIpc) is 2.98. The third kappa shape index (κ3) is 3.26. The van der Waals surface area contributed by atoms with Crippen molar-refractivity contribution < 1.29 is 5.11 Å². The summed E-state index contributed by atoms with van der Waals surface area (Å²) in [6.07, 6.45) is 0.992. The summed E-state index contributed by atoms with van der Waals surface area (Å²) in [5.74, 6) is 1.88. The summed E-state index contributed by atoms with van der Waals surface area (Å²) in [5, 5.41) is 20.3. The molecule has 1 unspecified atom stereocenters. The summed E-state index contributed by atoms with van der Waals surface area (Å²) in [5.41, 5.74) is 1.96. The van der Waals surface area contributed by atoms with Crippen LogP contribution in [0.15, 0.2) is 23.2 Å². The van der Waals surface area contributed by atoms with E-state index in [1.54, 1.807) is 11.3 Å². The van der Waals surface area contributed by atoms with E-state index in [0.717, 1.165) is 22.8 Å². The first-order valence-electron chi connectivity index (χ1n) is 6.60. The van der Waals surface area contributed by atoms with Gasteiger partial charge in [-0.2, -0.15) is 11.3 Å². The molecule has 2 aromatic rings. The molecule has 108 valence electrons. The van der Waals surface area contributed by atoms with Gasteiger partial charge in [-0.15, -0.1) is 0 Å². The first kappa shape index (κ1) is 14.7. The van der Waals surface area contributed by atoms with Gasteiger partial charge in [0.2, 0.25) is 0 Å². The molecule has 5 nitrogen and oxygen atoms in total. The van der Waals surface area contributed by atoms with Crippen LogP contribution in [0.1, 0.15) is 37.0 Å². The van der Waals surface area contributed by atoms with Gasteiger partial charge in [0, 0.05) is 19.2 Å². The molecule has 0 aliphatic carbocycles. The maximum Gasteiger partial charge on any atom is 0.135 e. The number of nitrogens with one attached hydrogen (secondary N) is 2. The highest BCUT2D eigenvalue weighted by molar-refractivity contribution is 7.07. The van der Waals surface area contributed by atoms with Gasteiger partial charge in [-0.05, 0) is 28.3 Å². The van der Waals surface area contributed by atoms with Crippen LogP contribution in [0, 0.1) is 0 Å². The molecule has 0 aliphatic heterocycles. The van der Waals surface area contributed by atoms with Gasteiger partial charge >= 0.3 is 0 Å². The van der Waals surface area contributed by atoms with E-state index in [-0.39, 0.29) is 0 Å². The van der Waals surface area contributed by atoms with Gasteiger partial charge in [0.1, 0.15) is 18.0 Å². The van der Waals surface area contributed by atoms with Crippen molar-refractivity contribution in [1.29, 1.82) is 0 Å². The molecule has 2 rings (SSSR count). The Bertz CT molecular complexity index is 542. The second kappa shape index (κ2) is 6.67. The predicted molar refractivity (Wildman–Crippen MR) is 83.4 cm³/mol. The Morgan fingerprint density at radius 2 is 2.05 bits per heavy atom. The molecule has 0 spiro atoms. The van der Waals surface area contributed by atoms with Gasteiger partial charge in [0.05, 0.1) is 6.10 Å². The van der Waals surface area contributed by atoms with Crippen molar-refractivity contribution in [2.45, 2.75) is 25.9 Å². The quantitative estimate of drug-likeness (QED) is 0.764. The highest BCUT2D eigenvalue weighted by Gasteiger charge is 2.15. The number of thiophene rings is 1. The Balaban J connectivity index is 2.13. The number of nitrogens with zero attached hydrogens (tertiary/aromatic N) is 2. The second-order valence-electron chi connectivity index (χ2n) is 4.84. The number of aromatic nitrogens is 2.